The highest BCUT2D eigenvalue weighted by atomic mass is 16.5. The number of nitrogens with two attached hydrogens (primary N) is 1. The third-order valence-corrected chi connectivity index (χ3v) is 2.84. The molecule has 0 saturated heterocycles. The molecule has 0 amide bonds. The van der Waals surface area contributed by atoms with Gasteiger partial charge in [0.1, 0.15) is 5.82 Å². The lowest BCUT2D eigenvalue weighted by molar-refractivity contribution is 0.0527. The summed E-state index contributed by atoms with van der Waals surface area (Å²) in [4.78, 5) is 15.9. The van der Waals surface area contributed by atoms with E-state index in [1.54, 1.807) is 19.2 Å². The SMILES string of the molecule is CCOC(=O)c1cc(NCCn2cc(C)cn2)ncc1N. The van der Waals surface area contributed by atoms with Gasteiger partial charge in [0.15, 0.2) is 0 Å². The van der Waals surface area contributed by atoms with Gasteiger partial charge in [-0.25, -0.2) is 9.78 Å². The van der Waals surface area contributed by atoms with E-state index in [2.05, 4.69) is 15.4 Å². The molecule has 0 saturated carbocycles. The summed E-state index contributed by atoms with van der Waals surface area (Å²) in [6.45, 7) is 5.39. The number of carbonyl (C=O) groups excluding carboxylic acids is 1. The average molecular weight is 289 g/mol. The van der Waals surface area contributed by atoms with Crippen molar-refractivity contribution in [3.8, 4) is 0 Å². The minimum absolute atomic E-state index is 0.307. The number of aromatic nitrogens is 3. The fourth-order valence-corrected chi connectivity index (χ4v) is 1.84. The molecule has 2 aromatic rings. The molecule has 0 bridgehead atoms. The van der Waals surface area contributed by atoms with E-state index >= 15 is 0 Å². The van der Waals surface area contributed by atoms with Crippen molar-refractivity contribution in [3.63, 3.8) is 0 Å². The van der Waals surface area contributed by atoms with E-state index in [9.17, 15) is 4.79 Å². The number of aryl methyl sites for hydroxylation is 1. The van der Waals surface area contributed by atoms with E-state index in [1.165, 1.54) is 6.20 Å². The van der Waals surface area contributed by atoms with Crippen molar-refractivity contribution in [2.75, 3.05) is 24.2 Å². The molecular formula is C14H19N5O2. The number of ether oxygens (including phenoxy) is 1. The molecule has 0 aliphatic heterocycles. The molecule has 0 aliphatic rings. The molecule has 7 nitrogen and oxygen atoms in total. The van der Waals surface area contributed by atoms with Crippen LogP contribution >= 0.6 is 0 Å². The van der Waals surface area contributed by atoms with Crippen LogP contribution in [0.5, 0.6) is 0 Å². The van der Waals surface area contributed by atoms with Crippen molar-refractivity contribution in [1.29, 1.82) is 0 Å². The number of pyridine rings is 1. The standard InChI is InChI=1S/C14H19N5O2/c1-3-21-14(20)11-6-13(17-8-12(11)15)16-4-5-19-9-10(2)7-18-19/h6-9H,3-5,15H2,1-2H3,(H,16,17). The Bertz CT molecular complexity index is 624. The van der Waals surface area contributed by atoms with Crippen LogP contribution in [0, 0.1) is 6.92 Å². The van der Waals surface area contributed by atoms with Gasteiger partial charge >= 0.3 is 5.97 Å². The number of esters is 1. The Morgan fingerprint density at radius 1 is 1.48 bits per heavy atom. The maximum absolute atomic E-state index is 11.7. The molecule has 2 rings (SSSR count). The fourth-order valence-electron chi connectivity index (χ4n) is 1.84. The number of anilines is 2. The normalized spacial score (nSPS) is 10.4. The number of nitrogens with zero attached hydrogens (tertiary/aromatic N) is 3. The number of hydrogen-bond acceptors (Lipinski definition) is 6. The Hall–Kier alpha value is -2.57. The summed E-state index contributed by atoms with van der Waals surface area (Å²) in [5, 5.41) is 7.33. The van der Waals surface area contributed by atoms with Crippen molar-refractivity contribution < 1.29 is 9.53 Å². The van der Waals surface area contributed by atoms with Gasteiger partial charge in [0.2, 0.25) is 0 Å². The highest BCUT2D eigenvalue weighted by molar-refractivity contribution is 5.95. The Labute approximate surface area is 123 Å². The molecule has 2 aromatic heterocycles. The third kappa shape index (κ3) is 3.95. The van der Waals surface area contributed by atoms with Crippen LogP contribution in [0.1, 0.15) is 22.8 Å². The predicted octanol–water partition coefficient (Wildman–Crippen LogP) is 1.46. The van der Waals surface area contributed by atoms with Gasteiger partial charge in [-0.2, -0.15) is 5.10 Å². The predicted molar refractivity (Wildman–Crippen MR) is 80.1 cm³/mol. The van der Waals surface area contributed by atoms with Gasteiger partial charge in [0, 0.05) is 12.7 Å². The quantitative estimate of drug-likeness (QED) is 0.782. The zero-order valence-electron chi connectivity index (χ0n) is 12.2. The van der Waals surface area contributed by atoms with Crippen LogP contribution in [0.3, 0.4) is 0 Å². The lowest BCUT2D eigenvalue weighted by Gasteiger charge is -2.09. The maximum Gasteiger partial charge on any atom is 0.340 e. The first-order valence-corrected chi connectivity index (χ1v) is 6.75. The summed E-state index contributed by atoms with van der Waals surface area (Å²) in [6, 6.07) is 1.60. The van der Waals surface area contributed by atoms with Crippen LogP contribution in [-0.4, -0.2) is 33.9 Å². The second-order valence-corrected chi connectivity index (χ2v) is 4.58. The van der Waals surface area contributed by atoms with Gasteiger partial charge in [0.05, 0.1) is 36.8 Å². The van der Waals surface area contributed by atoms with E-state index < -0.39 is 5.97 Å². The van der Waals surface area contributed by atoms with E-state index in [0.29, 0.717) is 36.8 Å². The Morgan fingerprint density at radius 3 is 2.95 bits per heavy atom. The highest BCUT2D eigenvalue weighted by Gasteiger charge is 2.12. The number of hydrogen-bond donors (Lipinski definition) is 2. The molecule has 0 fully saturated rings. The number of carbonyl (C=O) groups is 1. The van der Waals surface area contributed by atoms with Crippen LogP contribution in [0.4, 0.5) is 11.5 Å². The summed E-state index contributed by atoms with van der Waals surface area (Å²) in [5.74, 6) is 0.138. The lowest BCUT2D eigenvalue weighted by atomic mass is 10.2. The van der Waals surface area contributed by atoms with Gasteiger partial charge in [-0.15, -0.1) is 0 Å². The maximum atomic E-state index is 11.7. The summed E-state index contributed by atoms with van der Waals surface area (Å²) in [7, 11) is 0. The number of nitrogens with one attached hydrogen (secondary N) is 1. The first kappa shape index (κ1) is 14.8. The smallest absolute Gasteiger partial charge is 0.340 e. The van der Waals surface area contributed by atoms with Gasteiger partial charge in [-0.3, -0.25) is 4.68 Å². The molecule has 0 atom stereocenters. The molecule has 0 aliphatic carbocycles. The van der Waals surface area contributed by atoms with Crippen molar-refractivity contribution in [3.05, 3.63) is 35.8 Å². The minimum atomic E-state index is -0.442. The number of rotatable bonds is 6. The van der Waals surface area contributed by atoms with Crippen molar-refractivity contribution in [2.24, 2.45) is 0 Å². The first-order chi connectivity index (χ1) is 10.1. The molecule has 112 valence electrons. The molecule has 0 radical (unpaired) electrons. The number of nitrogen functional groups attached to an aromatic ring is 1. The molecule has 2 heterocycles. The van der Waals surface area contributed by atoms with Crippen LogP contribution in [0.25, 0.3) is 0 Å². The fraction of sp³-hybridized carbons (Fsp3) is 0.357. The summed E-state index contributed by atoms with van der Waals surface area (Å²) in [5.41, 5.74) is 7.48. The van der Waals surface area contributed by atoms with Gasteiger partial charge in [-0.1, -0.05) is 0 Å². The second kappa shape index (κ2) is 6.74. The van der Waals surface area contributed by atoms with Gasteiger partial charge in [-0.05, 0) is 25.5 Å². The van der Waals surface area contributed by atoms with Crippen molar-refractivity contribution in [2.45, 2.75) is 20.4 Å². The summed E-state index contributed by atoms with van der Waals surface area (Å²) >= 11 is 0. The molecular weight excluding hydrogens is 270 g/mol. The van der Waals surface area contributed by atoms with E-state index in [4.69, 9.17) is 10.5 Å². The molecule has 0 aromatic carbocycles. The minimum Gasteiger partial charge on any atom is -0.462 e. The van der Waals surface area contributed by atoms with Crippen molar-refractivity contribution >= 4 is 17.5 Å². The largest absolute Gasteiger partial charge is 0.462 e. The monoisotopic (exact) mass is 289 g/mol. The average Bonchev–Trinajstić information content (AvgIpc) is 2.86. The summed E-state index contributed by atoms with van der Waals surface area (Å²) in [6.07, 6.45) is 5.22. The zero-order valence-corrected chi connectivity index (χ0v) is 12.2. The zero-order chi connectivity index (χ0) is 15.2. The summed E-state index contributed by atoms with van der Waals surface area (Å²) < 4.78 is 6.79. The second-order valence-electron chi connectivity index (χ2n) is 4.58. The molecule has 3 N–H and O–H groups in total. The van der Waals surface area contributed by atoms with Gasteiger partial charge < -0.3 is 15.8 Å². The van der Waals surface area contributed by atoms with Crippen LogP contribution in [-0.2, 0) is 11.3 Å². The molecule has 0 spiro atoms. The molecule has 0 unspecified atom stereocenters. The Morgan fingerprint density at radius 2 is 2.29 bits per heavy atom. The Kier molecular flexibility index (Phi) is 4.76. The van der Waals surface area contributed by atoms with Crippen LogP contribution in [0.2, 0.25) is 0 Å². The van der Waals surface area contributed by atoms with Crippen LogP contribution in [0.15, 0.2) is 24.7 Å². The lowest BCUT2D eigenvalue weighted by Crippen LogP contribution is -2.13. The van der Waals surface area contributed by atoms with E-state index in [1.807, 2.05) is 17.8 Å². The topological polar surface area (TPSA) is 95.1 Å². The highest BCUT2D eigenvalue weighted by Crippen LogP contribution is 2.16. The molecule has 21 heavy (non-hydrogen) atoms. The van der Waals surface area contributed by atoms with Crippen LogP contribution < -0.4 is 11.1 Å². The van der Waals surface area contributed by atoms with Crippen molar-refractivity contribution in [1.82, 2.24) is 14.8 Å². The molecule has 7 heteroatoms. The first-order valence-electron chi connectivity index (χ1n) is 6.75. The van der Waals surface area contributed by atoms with E-state index in [-0.39, 0.29) is 0 Å². The third-order valence-electron chi connectivity index (χ3n) is 2.84. The van der Waals surface area contributed by atoms with Gasteiger partial charge in [0.25, 0.3) is 0 Å². The Balaban J connectivity index is 1.97. The van der Waals surface area contributed by atoms with E-state index in [0.717, 1.165) is 5.56 Å².